The quantitative estimate of drug-likeness (QED) is 0.796. The van der Waals surface area contributed by atoms with Gasteiger partial charge in [0.2, 0.25) is 0 Å². The van der Waals surface area contributed by atoms with Gasteiger partial charge in [-0.3, -0.25) is 4.98 Å². The third kappa shape index (κ3) is 2.52. The first-order valence-corrected chi connectivity index (χ1v) is 4.98. The van der Waals surface area contributed by atoms with Crippen molar-refractivity contribution in [3.05, 3.63) is 36.8 Å². The number of nitrogens with zero attached hydrogens (tertiary/aromatic N) is 3. The van der Waals surface area contributed by atoms with Crippen molar-refractivity contribution in [3.63, 3.8) is 0 Å². The van der Waals surface area contributed by atoms with Crippen LogP contribution in [-0.2, 0) is 0 Å². The van der Waals surface area contributed by atoms with Crippen LogP contribution in [0, 0.1) is 0 Å². The second-order valence-corrected chi connectivity index (χ2v) is 3.15. The second-order valence-electron chi connectivity index (χ2n) is 3.15. The molecule has 0 saturated carbocycles. The van der Waals surface area contributed by atoms with Crippen molar-refractivity contribution in [1.29, 1.82) is 0 Å². The summed E-state index contributed by atoms with van der Waals surface area (Å²) in [4.78, 5) is 12.4. The molecule has 0 radical (unpaired) electrons. The van der Waals surface area contributed by atoms with E-state index in [2.05, 4.69) is 20.3 Å². The van der Waals surface area contributed by atoms with Gasteiger partial charge in [-0.1, -0.05) is 0 Å². The minimum absolute atomic E-state index is 0.0780. The fourth-order valence-electron chi connectivity index (χ4n) is 1.28. The number of aliphatic hydroxyl groups excluding tert-OH is 1. The summed E-state index contributed by atoms with van der Waals surface area (Å²) in [7, 11) is 0. The Balaban J connectivity index is 2.22. The minimum atomic E-state index is 0.0780. The van der Waals surface area contributed by atoms with Crippen LogP contribution in [0.2, 0.25) is 0 Å². The molecule has 2 heterocycles. The average molecular weight is 216 g/mol. The maximum atomic E-state index is 8.70. The first-order valence-electron chi connectivity index (χ1n) is 4.98. The zero-order valence-electron chi connectivity index (χ0n) is 8.67. The molecule has 2 rings (SSSR count). The van der Waals surface area contributed by atoms with Crippen LogP contribution < -0.4 is 5.32 Å². The highest BCUT2D eigenvalue weighted by molar-refractivity contribution is 5.55. The predicted octanol–water partition coefficient (Wildman–Crippen LogP) is 0.943. The Morgan fingerprint density at radius 2 is 1.94 bits per heavy atom. The van der Waals surface area contributed by atoms with E-state index in [4.69, 9.17) is 5.11 Å². The summed E-state index contributed by atoms with van der Waals surface area (Å²) in [5, 5.41) is 11.7. The van der Waals surface area contributed by atoms with Crippen LogP contribution in [0.25, 0.3) is 11.4 Å². The van der Waals surface area contributed by atoms with Crippen molar-refractivity contribution < 1.29 is 5.11 Å². The lowest BCUT2D eigenvalue weighted by molar-refractivity contribution is 0.311. The van der Waals surface area contributed by atoms with E-state index in [0.29, 0.717) is 18.2 Å². The Morgan fingerprint density at radius 1 is 1.12 bits per heavy atom. The Hall–Kier alpha value is -2.01. The van der Waals surface area contributed by atoms with Gasteiger partial charge >= 0.3 is 0 Å². The fourth-order valence-corrected chi connectivity index (χ4v) is 1.28. The molecule has 0 aromatic carbocycles. The maximum absolute atomic E-state index is 8.70. The zero-order valence-corrected chi connectivity index (χ0v) is 8.67. The van der Waals surface area contributed by atoms with Crippen molar-refractivity contribution in [1.82, 2.24) is 15.0 Å². The molecule has 82 valence electrons. The van der Waals surface area contributed by atoms with E-state index in [0.717, 1.165) is 5.56 Å². The molecule has 0 fully saturated rings. The molecule has 0 saturated heterocycles. The number of hydrogen-bond donors (Lipinski definition) is 2. The average Bonchev–Trinajstić information content (AvgIpc) is 2.38. The lowest BCUT2D eigenvalue weighted by Crippen LogP contribution is -2.07. The number of hydrogen-bond acceptors (Lipinski definition) is 5. The van der Waals surface area contributed by atoms with Crippen LogP contribution in [0.1, 0.15) is 0 Å². The summed E-state index contributed by atoms with van der Waals surface area (Å²) < 4.78 is 0. The molecular weight excluding hydrogens is 204 g/mol. The van der Waals surface area contributed by atoms with Gasteiger partial charge in [0.1, 0.15) is 5.82 Å². The van der Waals surface area contributed by atoms with E-state index in [1.807, 2.05) is 12.1 Å². The van der Waals surface area contributed by atoms with Gasteiger partial charge in [-0.25, -0.2) is 9.97 Å². The highest BCUT2D eigenvalue weighted by atomic mass is 16.3. The highest BCUT2D eigenvalue weighted by Gasteiger charge is 2.01. The van der Waals surface area contributed by atoms with Gasteiger partial charge < -0.3 is 10.4 Å². The van der Waals surface area contributed by atoms with Crippen LogP contribution in [-0.4, -0.2) is 33.2 Å². The smallest absolute Gasteiger partial charge is 0.161 e. The lowest BCUT2D eigenvalue weighted by Gasteiger charge is -2.04. The Bertz CT molecular complexity index is 447. The monoisotopic (exact) mass is 216 g/mol. The molecule has 0 aliphatic carbocycles. The summed E-state index contributed by atoms with van der Waals surface area (Å²) >= 11 is 0. The van der Waals surface area contributed by atoms with Gasteiger partial charge in [0.15, 0.2) is 5.82 Å². The molecule has 0 aliphatic heterocycles. The van der Waals surface area contributed by atoms with E-state index >= 15 is 0 Å². The molecular formula is C11H12N4O. The van der Waals surface area contributed by atoms with E-state index in [1.165, 1.54) is 0 Å². The first kappa shape index (κ1) is 10.5. The van der Waals surface area contributed by atoms with Crippen LogP contribution >= 0.6 is 0 Å². The summed E-state index contributed by atoms with van der Waals surface area (Å²) in [5.41, 5.74) is 0.919. The summed E-state index contributed by atoms with van der Waals surface area (Å²) in [6, 6.07) is 5.47. The second kappa shape index (κ2) is 5.18. The molecule has 2 N–H and O–H groups in total. The minimum Gasteiger partial charge on any atom is -0.395 e. The molecule has 0 unspecified atom stereocenters. The number of pyridine rings is 1. The molecule has 16 heavy (non-hydrogen) atoms. The molecule has 2 aromatic rings. The number of anilines is 1. The van der Waals surface area contributed by atoms with Gasteiger partial charge in [-0.15, -0.1) is 0 Å². The van der Waals surface area contributed by atoms with E-state index in [1.54, 1.807) is 24.7 Å². The summed E-state index contributed by atoms with van der Waals surface area (Å²) in [6.45, 7) is 0.557. The normalized spacial score (nSPS) is 10.1. The lowest BCUT2D eigenvalue weighted by atomic mass is 10.2. The van der Waals surface area contributed by atoms with Crippen molar-refractivity contribution >= 4 is 5.82 Å². The third-order valence-electron chi connectivity index (χ3n) is 2.01. The number of aromatic nitrogens is 3. The van der Waals surface area contributed by atoms with Crippen molar-refractivity contribution in [2.45, 2.75) is 0 Å². The Kier molecular flexibility index (Phi) is 3.40. The maximum Gasteiger partial charge on any atom is 0.161 e. The summed E-state index contributed by atoms with van der Waals surface area (Å²) in [5.74, 6) is 1.35. The molecule has 0 aliphatic rings. The largest absolute Gasteiger partial charge is 0.395 e. The van der Waals surface area contributed by atoms with Gasteiger partial charge in [0.25, 0.3) is 0 Å². The SMILES string of the molecule is OCCNc1ccnc(-c2ccncc2)n1. The van der Waals surface area contributed by atoms with Gasteiger partial charge in [-0.05, 0) is 18.2 Å². The molecule has 5 heteroatoms. The van der Waals surface area contributed by atoms with Crippen LogP contribution in [0.5, 0.6) is 0 Å². The van der Waals surface area contributed by atoms with Gasteiger partial charge in [-0.2, -0.15) is 0 Å². The van der Waals surface area contributed by atoms with Gasteiger partial charge in [0.05, 0.1) is 6.61 Å². The summed E-state index contributed by atoms with van der Waals surface area (Å²) in [6.07, 6.45) is 5.08. The number of nitrogens with one attached hydrogen (secondary N) is 1. The van der Waals surface area contributed by atoms with Crippen LogP contribution in [0.4, 0.5) is 5.82 Å². The standard InChI is InChI=1S/C11H12N4O/c16-8-7-13-10-3-6-14-11(15-10)9-1-4-12-5-2-9/h1-6,16H,7-8H2,(H,13,14,15). The Morgan fingerprint density at radius 3 is 2.69 bits per heavy atom. The molecule has 0 amide bonds. The van der Waals surface area contributed by atoms with Crippen LogP contribution in [0.15, 0.2) is 36.8 Å². The van der Waals surface area contributed by atoms with Crippen molar-refractivity contribution in [2.75, 3.05) is 18.5 Å². The zero-order chi connectivity index (χ0) is 11.2. The Labute approximate surface area is 93.2 Å². The molecule has 5 nitrogen and oxygen atoms in total. The number of rotatable bonds is 4. The van der Waals surface area contributed by atoms with Crippen molar-refractivity contribution in [2.24, 2.45) is 0 Å². The molecule has 0 atom stereocenters. The number of aliphatic hydroxyl groups is 1. The predicted molar refractivity (Wildman–Crippen MR) is 60.8 cm³/mol. The van der Waals surface area contributed by atoms with E-state index in [-0.39, 0.29) is 6.61 Å². The molecule has 0 spiro atoms. The highest BCUT2D eigenvalue weighted by Crippen LogP contribution is 2.14. The molecule has 2 aromatic heterocycles. The van der Waals surface area contributed by atoms with Crippen molar-refractivity contribution in [3.8, 4) is 11.4 Å². The third-order valence-corrected chi connectivity index (χ3v) is 2.01. The van der Waals surface area contributed by atoms with E-state index < -0.39 is 0 Å². The van der Waals surface area contributed by atoms with Gasteiger partial charge in [0, 0.05) is 30.7 Å². The topological polar surface area (TPSA) is 70.9 Å². The van der Waals surface area contributed by atoms with E-state index in [9.17, 15) is 0 Å². The molecule has 0 bridgehead atoms. The fraction of sp³-hybridized carbons (Fsp3) is 0.182. The first-order chi connectivity index (χ1) is 7.90. The van der Waals surface area contributed by atoms with Crippen LogP contribution in [0.3, 0.4) is 0 Å².